The fourth-order valence-corrected chi connectivity index (χ4v) is 7.66. The van der Waals surface area contributed by atoms with Crippen LogP contribution in [0.4, 0.5) is 0 Å². The molecule has 4 aliphatic rings. The zero-order valence-electron chi connectivity index (χ0n) is 31.8. The summed E-state index contributed by atoms with van der Waals surface area (Å²) in [6.45, 7) is 3.25. The van der Waals surface area contributed by atoms with E-state index in [4.69, 9.17) is 20.2 Å². The van der Waals surface area contributed by atoms with Gasteiger partial charge in [-0.15, -0.1) is 0 Å². The minimum Gasteiger partial charge on any atom is -0.465 e. The van der Waals surface area contributed by atoms with E-state index in [1.54, 1.807) is 6.07 Å². The minimum atomic E-state index is -1.06. The molecule has 7 rings (SSSR count). The largest absolute Gasteiger partial charge is 0.465 e. The monoisotopic (exact) mass is 754 g/mol. The Morgan fingerprint density at radius 2 is 1.89 bits per heavy atom. The summed E-state index contributed by atoms with van der Waals surface area (Å²) in [5.74, 6) is 9.99. The van der Waals surface area contributed by atoms with Gasteiger partial charge in [0.15, 0.2) is 17.7 Å². The number of aryl methyl sites for hydroxylation is 1. The Hall–Kier alpha value is -5.20. The fourth-order valence-electron chi connectivity index (χ4n) is 7.66. The molecule has 0 saturated heterocycles. The van der Waals surface area contributed by atoms with E-state index in [1.807, 2.05) is 61.8 Å². The second-order valence-electron chi connectivity index (χ2n) is 15.0. The lowest BCUT2D eigenvalue weighted by Crippen LogP contribution is -2.41. The quantitative estimate of drug-likeness (QED) is 0.111. The highest BCUT2D eigenvalue weighted by atomic mass is 16.5. The molecule has 0 radical (unpaired) electrons. The molecular weight excluding hydrogens is 705 g/mol. The number of allylic oxidation sites excluding steroid dienone is 1. The Morgan fingerprint density at radius 1 is 1.04 bits per heavy atom. The number of hydrogen-bond donors (Lipinski definition) is 5. The van der Waals surface area contributed by atoms with Gasteiger partial charge in [-0.3, -0.25) is 15.1 Å². The van der Waals surface area contributed by atoms with Gasteiger partial charge < -0.3 is 35.4 Å². The van der Waals surface area contributed by atoms with E-state index in [2.05, 4.69) is 52.3 Å². The number of carbonyl (C=O) groups is 1. The highest BCUT2D eigenvalue weighted by molar-refractivity contribution is 5.87. The van der Waals surface area contributed by atoms with Crippen molar-refractivity contribution >= 4 is 12.0 Å². The van der Waals surface area contributed by atoms with Gasteiger partial charge in [0.05, 0.1) is 30.0 Å². The number of fused-ring (bicyclic) bond motifs is 5. The second kappa shape index (κ2) is 18.2. The first kappa shape index (κ1) is 39.1. The summed E-state index contributed by atoms with van der Waals surface area (Å²) in [7, 11) is 0. The fraction of sp³-hybridized carbons (Fsp3) is 0.391. The van der Waals surface area contributed by atoms with Crippen molar-refractivity contribution in [2.75, 3.05) is 13.1 Å². The first-order valence-electron chi connectivity index (χ1n) is 19.6. The molecule has 6 atom stereocenters. The first-order valence-corrected chi connectivity index (χ1v) is 19.6. The molecule has 0 aromatic heterocycles. The molecule has 2 bridgehead atoms. The lowest BCUT2D eigenvalue weighted by molar-refractivity contribution is -0.121. The van der Waals surface area contributed by atoms with Gasteiger partial charge in [-0.25, -0.2) is 0 Å². The van der Waals surface area contributed by atoms with Crippen molar-refractivity contribution in [2.45, 2.75) is 95.4 Å². The van der Waals surface area contributed by atoms with Crippen LogP contribution in [0, 0.1) is 29.8 Å². The van der Waals surface area contributed by atoms with E-state index < -0.39 is 30.5 Å². The average molecular weight is 755 g/mol. The van der Waals surface area contributed by atoms with Crippen molar-refractivity contribution in [1.29, 1.82) is 0 Å². The molecule has 290 valence electrons. The van der Waals surface area contributed by atoms with Crippen molar-refractivity contribution in [3.8, 4) is 35.4 Å². The van der Waals surface area contributed by atoms with E-state index in [-0.39, 0.29) is 31.2 Å². The highest BCUT2D eigenvalue weighted by Gasteiger charge is 2.35. The third kappa shape index (κ3) is 9.59. The van der Waals surface area contributed by atoms with E-state index in [1.165, 1.54) is 5.56 Å². The SMILES string of the molecule is CCCC(O)CC(O)CC(=O)CCc1ccc2c(c1)OC1C(C#CC(O)c3ccc(C(N)NCCc4ccccc4)cc3CC3=C4CN1C=C4N=C3)CC#CO2. The normalized spacial score (nSPS) is 20.9. The maximum atomic E-state index is 12.8. The van der Waals surface area contributed by atoms with E-state index in [0.29, 0.717) is 43.7 Å². The first-order chi connectivity index (χ1) is 27.2. The number of aliphatic imine (C=N–C) groups is 1. The maximum Gasteiger partial charge on any atom is 0.187 e. The van der Waals surface area contributed by atoms with Gasteiger partial charge in [0, 0.05) is 50.3 Å². The predicted molar refractivity (Wildman–Crippen MR) is 215 cm³/mol. The number of ketones is 1. The van der Waals surface area contributed by atoms with E-state index in [9.17, 15) is 20.1 Å². The number of nitrogens with zero attached hydrogens (tertiary/aromatic N) is 2. The predicted octanol–water partition coefficient (Wildman–Crippen LogP) is 5.18. The molecule has 10 nitrogen and oxygen atoms in total. The number of aliphatic hydroxyl groups excluding tert-OH is 3. The smallest absolute Gasteiger partial charge is 0.187 e. The van der Waals surface area contributed by atoms with Crippen molar-refractivity contribution in [3.05, 3.63) is 118 Å². The Balaban J connectivity index is 1.11. The maximum absolute atomic E-state index is 12.8. The van der Waals surface area contributed by atoms with Crippen LogP contribution < -0.4 is 20.5 Å². The summed E-state index contributed by atoms with van der Waals surface area (Å²) in [6, 6.07) is 21.8. The minimum absolute atomic E-state index is 0.00468. The third-order valence-electron chi connectivity index (χ3n) is 10.7. The molecule has 0 saturated carbocycles. The molecule has 10 heteroatoms. The van der Waals surface area contributed by atoms with Gasteiger partial charge in [-0.1, -0.05) is 85.7 Å². The second-order valence-corrected chi connectivity index (χ2v) is 15.0. The van der Waals surface area contributed by atoms with Crippen LogP contribution in [0.25, 0.3) is 0 Å². The molecule has 0 fully saturated rings. The molecule has 4 aliphatic heterocycles. The van der Waals surface area contributed by atoms with Gasteiger partial charge in [-0.2, -0.15) is 0 Å². The zero-order valence-corrected chi connectivity index (χ0v) is 31.8. The summed E-state index contributed by atoms with van der Waals surface area (Å²) in [6.07, 6.45) is 7.25. The molecular formula is C46H50N4O6. The topological polar surface area (TPSA) is 150 Å². The molecule has 4 heterocycles. The number of nitrogens with two attached hydrogens (primary N) is 1. The van der Waals surface area contributed by atoms with Crippen LogP contribution in [0.5, 0.6) is 11.5 Å². The van der Waals surface area contributed by atoms with Crippen LogP contribution in [-0.4, -0.2) is 63.7 Å². The van der Waals surface area contributed by atoms with E-state index in [0.717, 1.165) is 58.5 Å². The number of ether oxygens (including phenoxy) is 2. The summed E-state index contributed by atoms with van der Waals surface area (Å²) >= 11 is 0. The lowest BCUT2D eigenvalue weighted by Gasteiger charge is -2.32. The summed E-state index contributed by atoms with van der Waals surface area (Å²) in [4.78, 5) is 19.6. The van der Waals surface area contributed by atoms with Gasteiger partial charge in [-0.05, 0) is 77.6 Å². The number of aliphatic hydroxyl groups is 3. The summed E-state index contributed by atoms with van der Waals surface area (Å²) in [5, 5.41) is 35.4. The third-order valence-corrected chi connectivity index (χ3v) is 10.7. The number of nitrogens with one attached hydrogen (secondary N) is 1. The molecule has 56 heavy (non-hydrogen) atoms. The van der Waals surface area contributed by atoms with Crippen LogP contribution in [0.2, 0.25) is 0 Å². The van der Waals surface area contributed by atoms with Crippen LogP contribution >= 0.6 is 0 Å². The molecule has 0 amide bonds. The van der Waals surface area contributed by atoms with Crippen molar-refractivity contribution in [3.63, 3.8) is 0 Å². The van der Waals surface area contributed by atoms with Gasteiger partial charge in [0.25, 0.3) is 0 Å². The molecule has 3 aromatic rings. The summed E-state index contributed by atoms with van der Waals surface area (Å²) < 4.78 is 12.6. The van der Waals surface area contributed by atoms with Crippen molar-refractivity contribution in [2.24, 2.45) is 16.6 Å². The van der Waals surface area contributed by atoms with Crippen LogP contribution in [0.3, 0.4) is 0 Å². The molecule has 6 N–H and O–H groups in total. The molecule has 0 spiro atoms. The average Bonchev–Trinajstić information content (AvgIpc) is 3.79. The number of benzene rings is 3. The Bertz CT molecular complexity index is 2120. The number of hydrogen-bond acceptors (Lipinski definition) is 10. The van der Waals surface area contributed by atoms with Crippen LogP contribution in [-0.2, 0) is 24.1 Å². The zero-order chi connectivity index (χ0) is 39.0. The Morgan fingerprint density at radius 3 is 2.73 bits per heavy atom. The lowest BCUT2D eigenvalue weighted by atomic mass is 9.92. The Labute approximate surface area is 329 Å². The van der Waals surface area contributed by atoms with E-state index >= 15 is 0 Å². The molecule has 0 aliphatic carbocycles. The molecule has 3 aromatic carbocycles. The van der Waals surface area contributed by atoms with Gasteiger partial charge in [0.2, 0.25) is 0 Å². The highest BCUT2D eigenvalue weighted by Crippen LogP contribution is 2.38. The number of Topliss-reactive ketones (excluding diaryl/α,β-unsaturated/α-hetero) is 1. The Kier molecular flexibility index (Phi) is 12.7. The van der Waals surface area contributed by atoms with Crippen LogP contribution in [0.1, 0.15) is 85.5 Å². The van der Waals surface area contributed by atoms with Gasteiger partial charge in [0.1, 0.15) is 18.0 Å². The standard InChI is InChI=1S/C46H50N4O6/c1-2-7-36(51)25-38(53)26-37(52)15-11-31-12-18-43-44(22-31)56-46-32(10-6-21-55-43)14-17-42(54)39-16-13-33(45(47)48-20-19-30-8-4-3-5-9-30)23-34(39)24-35-27-49-41-29-50(46)28-40(35)41/h3-5,8-9,12-13,16,18,22-23,27,29,32,36,38,42,45-46,48,51,53-54H,2,7,10-11,15,19-20,24-26,28,47H2,1H3. The van der Waals surface area contributed by atoms with Crippen molar-refractivity contribution < 1.29 is 29.6 Å². The number of rotatable bonds is 14. The number of carbonyl (C=O) groups excluding carboxylic acids is 1. The summed E-state index contributed by atoms with van der Waals surface area (Å²) in [5.41, 5.74) is 14.4. The molecule has 6 unspecified atom stereocenters. The van der Waals surface area contributed by atoms with Gasteiger partial charge >= 0.3 is 0 Å². The van der Waals surface area contributed by atoms with Crippen molar-refractivity contribution in [1.82, 2.24) is 10.2 Å². The van der Waals surface area contributed by atoms with Crippen LogP contribution in [0.15, 0.2) is 94.8 Å².